The van der Waals surface area contributed by atoms with Crippen LogP contribution in [0.15, 0.2) is 60.0 Å². The average Bonchev–Trinajstić information content (AvgIpc) is 3.27. The molecule has 1 aliphatic rings. The average molecular weight is 458 g/mol. The molecule has 4 nitrogen and oxygen atoms in total. The minimum absolute atomic E-state index is 0.297. The molecule has 0 unspecified atom stereocenters. The van der Waals surface area contributed by atoms with Crippen molar-refractivity contribution in [3.63, 3.8) is 0 Å². The van der Waals surface area contributed by atoms with Crippen molar-refractivity contribution in [3.8, 4) is 0 Å². The predicted molar refractivity (Wildman–Crippen MR) is 121 cm³/mol. The van der Waals surface area contributed by atoms with Crippen LogP contribution in [0.3, 0.4) is 0 Å². The molecule has 0 saturated carbocycles. The lowest BCUT2D eigenvalue weighted by atomic mass is 9.98. The number of halogens is 3. The third-order valence-corrected chi connectivity index (χ3v) is 6.41. The van der Waals surface area contributed by atoms with E-state index in [0.717, 1.165) is 41.2 Å². The zero-order chi connectivity index (χ0) is 22.6. The molecule has 2 aromatic carbocycles. The van der Waals surface area contributed by atoms with Gasteiger partial charge in [0.2, 0.25) is 0 Å². The third-order valence-electron chi connectivity index (χ3n) is 5.38. The minimum atomic E-state index is -4.39. The lowest BCUT2D eigenvalue weighted by Crippen LogP contribution is -2.40. The van der Waals surface area contributed by atoms with Crippen molar-refractivity contribution in [1.82, 2.24) is 9.88 Å². The number of thiazole rings is 1. The van der Waals surface area contributed by atoms with E-state index in [1.165, 1.54) is 12.1 Å². The number of carbonyl (C=O) groups excluding carboxylic acids is 1. The normalized spacial score (nSPS) is 15.3. The Labute approximate surface area is 188 Å². The number of benzene rings is 2. The molecular formula is C24H22F3N3OS. The summed E-state index contributed by atoms with van der Waals surface area (Å²) in [6, 6.07) is 14.2. The van der Waals surface area contributed by atoms with Crippen molar-refractivity contribution in [2.45, 2.75) is 24.9 Å². The van der Waals surface area contributed by atoms with E-state index in [9.17, 15) is 18.0 Å². The van der Waals surface area contributed by atoms with Crippen molar-refractivity contribution in [3.05, 3.63) is 81.8 Å². The fourth-order valence-electron chi connectivity index (χ4n) is 3.59. The molecule has 0 bridgehead atoms. The quantitative estimate of drug-likeness (QED) is 0.471. The van der Waals surface area contributed by atoms with E-state index < -0.39 is 11.7 Å². The molecule has 2 heterocycles. The van der Waals surface area contributed by atoms with Crippen LogP contribution in [0.25, 0.3) is 12.2 Å². The molecule has 1 saturated heterocycles. The number of amides is 2. The Bertz CT molecular complexity index is 1070. The fourth-order valence-corrected chi connectivity index (χ4v) is 4.54. The van der Waals surface area contributed by atoms with Crippen LogP contribution in [0, 0.1) is 0 Å². The molecule has 3 aromatic rings. The zero-order valence-corrected chi connectivity index (χ0v) is 18.0. The Morgan fingerprint density at radius 3 is 2.38 bits per heavy atom. The van der Waals surface area contributed by atoms with E-state index >= 15 is 0 Å². The van der Waals surface area contributed by atoms with E-state index in [1.54, 1.807) is 16.2 Å². The fraction of sp³-hybridized carbons (Fsp3) is 0.250. The summed E-state index contributed by atoms with van der Waals surface area (Å²) >= 11 is 1.63. The van der Waals surface area contributed by atoms with Gasteiger partial charge in [0, 0.05) is 30.1 Å². The van der Waals surface area contributed by atoms with Gasteiger partial charge in [-0.15, -0.1) is 11.3 Å². The first-order valence-corrected chi connectivity index (χ1v) is 11.2. The Hall–Kier alpha value is -3.13. The summed E-state index contributed by atoms with van der Waals surface area (Å²) in [6.45, 7) is 1.15. The van der Waals surface area contributed by atoms with Crippen LogP contribution in [0.5, 0.6) is 0 Å². The van der Waals surface area contributed by atoms with E-state index in [0.29, 0.717) is 24.7 Å². The van der Waals surface area contributed by atoms with E-state index in [-0.39, 0.29) is 6.03 Å². The van der Waals surface area contributed by atoms with E-state index in [4.69, 9.17) is 4.98 Å². The highest BCUT2D eigenvalue weighted by Crippen LogP contribution is 2.32. The highest BCUT2D eigenvalue weighted by Gasteiger charge is 2.30. The standard InChI is InChI=1S/C24H22F3N3OS/c25-24(26,27)19-7-10-20(11-8-19)29-23(31)30-14-12-18(13-15-30)22-28-21(16-32-22)9-6-17-4-2-1-3-5-17/h1-11,16,18H,12-15H2,(H,29,31)/b9-6+. The van der Waals surface area contributed by atoms with E-state index in [2.05, 4.69) is 5.32 Å². The first-order valence-electron chi connectivity index (χ1n) is 10.3. The molecule has 1 N–H and O–H groups in total. The molecule has 2 amide bonds. The largest absolute Gasteiger partial charge is 0.416 e. The molecule has 8 heteroatoms. The van der Waals surface area contributed by atoms with Gasteiger partial charge in [-0.2, -0.15) is 13.2 Å². The SMILES string of the molecule is O=C(Nc1ccc(C(F)(F)F)cc1)N1CCC(c2nc(/C=C/c3ccccc3)cs2)CC1. The Balaban J connectivity index is 1.29. The number of alkyl halides is 3. The number of rotatable bonds is 4. The number of hydrogen-bond acceptors (Lipinski definition) is 3. The van der Waals surface area contributed by atoms with Crippen molar-refractivity contribution in [2.24, 2.45) is 0 Å². The van der Waals surface area contributed by atoms with Crippen molar-refractivity contribution >= 4 is 35.2 Å². The number of nitrogens with zero attached hydrogens (tertiary/aromatic N) is 2. The Kier molecular flexibility index (Phi) is 6.60. The van der Waals surface area contributed by atoms with Gasteiger partial charge in [-0.05, 0) is 48.7 Å². The molecule has 32 heavy (non-hydrogen) atoms. The summed E-state index contributed by atoms with van der Waals surface area (Å²) in [5.74, 6) is 0.300. The lowest BCUT2D eigenvalue weighted by molar-refractivity contribution is -0.137. The van der Waals surface area contributed by atoms with Crippen LogP contribution >= 0.6 is 11.3 Å². The van der Waals surface area contributed by atoms with Gasteiger partial charge in [-0.3, -0.25) is 0 Å². The summed E-state index contributed by atoms with van der Waals surface area (Å²) in [4.78, 5) is 18.9. The second-order valence-corrected chi connectivity index (χ2v) is 8.51. The van der Waals surface area contributed by atoms with Gasteiger partial charge < -0.3 is 10.2 Å². The number of urea groups is 1. The van der Waals surface area contributed by atoms with Gasteiger partial charge in [0.05, 0.1) is 16.3 Å². The maximum Gasteiger partial charge on any atom is 0.416 e. The molecule has 4 rings (SSSR count). The molecule has 0 aliphatic carbocycles. The number of hydrogen-bond donors (Lipinski definition) is 1. The van der Waals surface area contributed by atoms with Gasteiger partial charge in [-0.25, -0.2) is 9.78 Å². The minimum Gasteiger partial charge on any atom is -0.324 e. The monoisotopic (exact) mass is 457 g/mol. The van der Waals surface area contributed by atoms with Gasteiger partial charge in [-0.1, -0.05) is 36.4 Å². The lowest BCUT2D eigenvalue weighted by Gasteiger charge is -2.31. The predicted octanol–water partition coefficient (Wildman–Crippen LogP) is 6.74. The molecule has 166 valence electrons. The third kappa shape index (κ3) is 5.56. The number of anilines is 1. The maximum atomic E-state index is 12.7. The summed E-state index contributed by atoms with van der Waals surface area (Å²) in [6.07, 6.45) is 1.25. The van der Waals surface area contributed by atoms with Crippen LogP contribution in [0.1, 0.15) is 40.6 Å². The first-order chi connectivity index (χ1) is 15.4. The smallest absolute Gasteiger partial charge is 0.324 e. The number of likely N-dealkylation sites (tertiary alicyclic amines) is 1. The van der Waals surface area contributed by atoms with Crippen LogP contribution in [0.2, 0.25) is 0 Å². The van der Waals surface area contributed by atoms with E-state index in [1.807, 2.05) is 47.9 Å². The van der Waals surface area contributed by atoms with Crippen LogP contribution in [-0.2, 0) is 6.18 Å². The molecular weight excluding hydrogens is 435 g/mol. The number of nitrogens with one attached hydrogen (secondary N) is 1. The zero-order valence-electron chi connectivity index (χ0n) is 17.2. The first kappa shape index (κ1) is 22.1. The van der Waals surface area contributed by atoms with Crippen molar-refractivity contribution in [1.29, 1.82) is 0 Å². The second kappa shape index (κ2) is 9.56. The van der Waals surface area contributed by atoms with Gasteiger partial charge in [0.15, 0.2) is 0 Å². The van der Waals surface area contributed by atoms with Crippen LogP contribution in [-0.4, -0.2) is 29.0 Å². The second-order valence-electron chi connectivity index (χ2n) is 7.62. The Morgan fingerprint density at radius 2 is 1.72 bits per heavy atom. The molecule has 1 fully saturated rings. The topological polar surface area (TPSA) is 45.2 Å². The molecule has 0 radical (unpaired) electrons. The molecule has 0 spiro atoms. The highest BCUT2D eigenvalue weighted by atomic mass is 32.1. The van der Waals surface area contributed by atoms with Gasteiger partial charge in [0.1, 0.15) is 0 Å². The number of piperidine rings is 1. The molecule has 0 atom stereocenters. The van der Waals surface area contributed by atoms with Crippen LogP contribution in [0.4, 0.5) is 23.7 Å². The highest BCUT2D eigenvalue weighted by molar-refractivity contribution is 7.09. The summed E-state index contributed by atoms with van der Waals surface area (Å²) in [5.41, 5.74) is 1.66. The maximum absolute atomic E-state index is 12.7. The summed E-state index contributed by atoms with van der Waals surface area (Å²) in [5, 5.41) is 5.79. The molecule has 1 aliphatic heterocycles. The Morgan fingerprint density at radius 1 is 1.03 bits per heavy atom. The van der Waals surface area contributed by atoms with Gasteiger partial charge >= 0.3 is 12.2 Å². The van der Waals surface area contributed by atoms with Crippen molar-refractivity contribution in [2.75, 3.05) is 18.4 Å². The summed E-state index contributed by atoms with van der Waals surface area (Å²) < 4.78 is 38.0. The van der Waals surface area contributed by atoms with Crippen molar-refractivity contribution < 1.29 is 18.0 Å². The number of aromatic nitrogens is 1. The number of carbonyl (C=O) groups is 1. The molecule has 1 aromatic heterocycles. The van der Waals surface area contributed by atoms with Gasteiger partial charge in [0.25, 0.3) is 0 Å². The summed E-state index contributed by atoms with van der Waals surface area (Å²) in [7, 11) is 0. The van der Waals surface area contributed by atoms with Crippen LogP contribution < -0.4 is 5.32 Å².